The first-order chi connectivity index (χ1) is 14.2. The fourth-order valence-electron chi connectivity index (χ4n) is 3.10. The fraction of sp³-hybridized carbons (Fsp3) is 0.150. The zero-order valence-electron chi connectivity index (χ0n) is 15.6. The van der Waals surface area contributed by atoms with Crippen molar-refractivity contribution in [1.29, 1.82) is 0 Å². The largest absolute Gasteiger partial charge is 0.433 e. The average Bonchev–Trinajstić information content (AvgIpc) is 3.31. The molecule has 0 spiro atoms. The minimum atomic E-state index is -4.46. The van der Waals surface area contributed by atoms with Gasteiger partial charge in [0.05, 0.1) is 21.6 Å². The van der Waals surface area contributed by atoms with Crippen LogP contribution in [0.4, 0.5) is 18.9 Å². The molecular weight excluding hydrogens is 510 g/mol. The molecule has 0 aliphatic carbocycles. The Hall–Kier alpha value is -2.89. The monoisotopic (exact) mass is 525 g/mol. The first-order valence-corrected chi connectivity index (χ1v) is 10.4. The molecule has 3 aromatic heterocycles. The Bertz CT molecular complexity index is 1230. The van der Waals surface area contributed by atoms with E-state index in [-0.39, 0.29) is 16.2 Å². The summed E-state index contributed by atoms with van der Waals surface area (Å²) in [6.07, 6.45) is -0.873. The second kappa shape index (κ2) is 7.74. The van der Waals surface area contributed by atoms with Crippen LogP contribution >= 0.6 is 22.6 Å². The van der Waals surface area contributed by atoms with Crippen molar-refractivity contribution in [2.24, 2.45) is 0 Å². The van der Waals surface area contributed by atoms with Crippen molar-refractivity contribution in [2.75, 3.05) is 5.32 Å². The van der Waals surface area contributed by atoms with Crippen LogP contribution in [-0.2, 0) is 15.5 Å². The number of aromatic nitrogens is 4. The number of hydrogen-bond donors (Lipinski definition) is 1. The molecular formula is C20H15F3IN5O. The summed E-state index contributed by atoms with van der Waals surface area (Å²) in [5.41, 5.74) is 2.96. The molecule has 0 radical (unpaired) electrons. The topological polar surface area (TPSA) is 64.2 Å². The van der Waals surface area contributed by atoms with Gasteiger partial charge in [0.15, 0.2) is 0 Å². The van der Waals surface area contributed by atoms with E-state index in [4.69, 9.17) is 0 Å². The highest BCUT2D eigenvalue weighted by molar-refractivity contribution is 14.1. The molecule has 0 bridgehead atoms. The molecule has 0 fully saturated rings. The summed E-state index contributed by atoms with van der Waals surface area (Å²) in [5, 5.41) is 6.79. The summed E-state index contributed by atoms with van der Waals surface area (Å²) in [6, 6.07) is 11.6. The van der Waals surface area contributed by atoms with Crippen molar-refractivity contribution in [2.45, 2.75) is 17.7 Å². The number of rotatable bonds is 4. The Labute approximate surface area is 182 Å². The van der Waals surface area contributed by atoms with E-state index in [1.165, 1.54) is 6.92 Å². The molecule has 0 saturated carbocycles. The average molecular weight is 525 g/mol. The van der Waals surface area contributed by atoms with Gasteiger partial charge in [-0.2, -0.15) is 18.3 Å². The second-order valence-corrected chi connectivity index (χ2v) is 7.28. The Morgan fingerprint density at radius 3 is 2.30 bits per heavy atom. The third kappa shape index (κ3) is 4.04. The van der Waals surface area contributed by atoms with Gasteiger partial charge >= 0.3 is 6.18 Å². The van der Waals surface area contributed by atoms with Crippen molar-refractivity contribution in [3.05, 3.63) is 60.6 Å². The van der Waals surface area contributed by atoms with Crippen molar-refractivity contribution in [3.63, 3.8) is 0 Å². The zero-order valence-corrected chi connectivity index (χ0v) is 17.8. The molecule has 1 aromatic carbocycles. The van der Waals surface area contributed by atoms with Gasteiger partial charge in [-0.25, -0.2) is 9.67 Å². The van der Waals surface area contributed by atoms with Gasteiger partial charge in [-0.05, 0) is 18.2 Å². The number of carbonyl (C=O) groups is 1. The first kappa shape index (κ1) is 20.4. The van der Waals surface area contributed by atoms with Gasteiger partial charge in [-0.1, -0.05) is 46.9 Å². The number of benzene rings is 1. The van der Waals surface area contributed by atoms with Crippen LogP contribution < -0.4 is 5.32 Å². The lowest BCUT2D eigenvalue weighted by molar-refractivity contribution is -0.143. The number of alkyl halides is 4. The fourth-order valence-corrected chi connectivity index (χ4v) is 3.62. The number of anilines is 1. The Morgan fingerprint density at radius 2 is 1.73 bits per heavy atom. The highest BCUT2D eigenvalue weighted by Crippen LogP contribution is 2.33. The summed E-state index contributed by atoms with van der Waals surface area (Å²) >= 11 is 1.85. The van der Waals surface area contributed by atoms with Crippen LogP contribution in [0.1, 0.15) is 12.6 Å². The third-order valence-corrected chi connectivity index (χ3v) is 5.08. The molecule has 30 heavy (non-hydrogen) atoms. The summed E-state index contributed by atoms with van der Waals surface area (Å²) in [6.45, 7) is 1.44. The molecule has 0 aliphatic heterocycles. The number of halogens is 4. The lowest BCUT2D eigenvalue weighted by Crippen LogP contribution is -2.12. The van der Waals surface area contributed by atoms with E-state index in [0.29, 0.717) is 22.6 Å². The van der Waals surface area contributed by atoms with Gasteiger partial charge in [-0.15, -0.1) is 0 Å². The van der Waals surface area contributed by atoms with Crippen molar-refractivity contribution < 1.29 is 18.0 Å². The summed E-state index contributed by atoms with van der Waals surface area (Å²) in [7, 11) is 0. The van der Waals surface area contributed by atoms with Crippen LogP contribution in [0.15, 0.2) is 54.9 Å². The quantitative estimate of drug-likeness (QED) is 0.293. The highest BCUT2D eigenvalue weighted by atomic mass is 127. The van der Waals surface area contributed by atoms with Gasteiger partial charge < -0.3 is 9.72 Å². The van der Waals surface area contributed by atoms with Gasteiger partial charge in [-0.3, -0.25) is 4.79 Å². The summed E-state index contributed by atoms with van der Waals surface area (Å²) in [4.78, 5) is 15.8. The van der Waals surface area contributed by atoms with E-state index >= 15 is 0 Å². The maximum Gasteiger partial charge on any atom is 0.433 e. The molecule has 6 nitrogen and oxygen atoms in total. The van der Waals surface area contributed by atoms with E-state index in [0.717, 1.165) is 16.3 Å². The van der Waals surface area contributed by atoms with Crippen molar-refractivity contribution >= 4 is 39.8 Å². The number of pyridine rings is 1. The number of carbonyl (C=O) groups excluding carboxylic acids is 1. The van der Waals surface area contributed by atoms with E-state index in [2.05, 4.69) is 15.4 Å². The van der Waals surface area contributed by atoms with Gasteiger partial charge in [0, 0.05) is 30.4 Å². The molecule has 0 aliphatic rings. The number of fused-ring (bicyclic) bond motifs is 1. The van der Waals surface area contributed by atoms with Gasteiger partial charge in [0.2, 0.25) is 5.91 Å². The second-order valence-electron chi connectivity index (χ2n) is 6.60. The molecule has 10 heteroatoms. The number of nitrogens with one attached hydrogen (secondary N) is 1. The molecule has 0 atom stereocenters. The first-order valence-electron chi connectivity index (χ1n) is 8.83. The number of amides is 1. The van der Waals surface area contributed by atoms with Crippen LogP contribution in [0.25, 0.3) is 28.2 Å². The normalized spacial score (nSPS) is 11.8. The molecule has 154 valence electrons. The predicted molar refractivity (Wildman–Crippen MR) is 115 cm³/mol. The number of imidazole rings is 1. The van der Waals surface area contributed by atoms with Crippen LogP contribution in [-0.4, -0.2) is 25.1 Å². The highest BCUT2D eigenvalue weighted by Gasteiger charge is 2.35. The Balaban J connectivity index is 1.64. The van der Waals surface area contributed by atoms with E-state index in [1.54, 1.807) is 47.0 Å². The molecule has 0 saturated heterocycles. The Kier molecular flexibility index (Phi) is 5.26. The molecule has 0 unspecified atom stereocenters. The van der Waals surface area contributed by atoms with Crippen molar-refractivity contribution in [1.82, 2.24) is 19.2 Å². The standard InChI is InChI=1S/C20H15F3IN5O/c1-12(30)25-15-6-7-19-26-17(10-28(19)9-15)14-4-2-13(3-5-14)16-8-18(20(21,22)23)29(11-24)27-16/h2-10H,11H2,1H3,(H,25,30). The SMILES string of the molecule is CC(=O)Nc1ccc2nc(-c3ccc(-c4cc(C(F)(F)F)n(CI)n4)cc3)cn2c1. The maximum absolute atomic E-state index is 13.2. The number of nitrogens with zero attached hydrogens (tertiary/aromatic N) is 4. The van der Waals surface area contributed by atoms with Crippen LogP contribution in [0.5, 0.6) is 0 Å². The smallest absolute Gasteiger partial charge is 0.325 e. The van der Waals surface area contributed by atoms with Crippen LogP contribution in [0.2, 0.25) is 0 Å². The zero-order chi connectivity index (χ0) is 21.5. The van der Waals surface area contributed by atoms with E-state index in [1.807, 2.05) is 28.8 Å². The number of hydrogen-bond acceptors (Lipinski definition) is 3. The lowest BCUT2D eigenvalue weighted by atomic mass is 10.1. The van der Waals surface area contributed by atoms with Crippen LogP contribution in [0, 0.1) is 0 Å². The van der Waals surface area contributed by atoms with Gasteiger partial charge in [0.25, 0.3) is 0 Å². The minimum Gasteiger partial charge on any atom is -0.325 e. The summed E-state index contributed by atoms with van der Waals surface area (Å²) in [5.74, 6) is -0.163. The summed E-state index contributed by atoms with van der Waals surface area (Å²) < 4.78 is 42.3. The predicted octanol–water partition coefficient (Wildman–Crippen LogP) is 5.23. The maximum atomic E-state index is 13.2. The third-order valence-electron chi connectivity index (χ3n) is 4.43. The molecule has 1 amide bonds. The molecule has 3 heterocycles. The molecule has 1 N–H and O–H groups in total. The molecule has 4 aromatic rings. The molecule has 4 rings (SSSR count). The van der Waals surface area contributed by atoms with Crippen molar-refractivity contribution in [3.8, 4) is 22.5 Å². The minimum absolute atomic E-state index is 0.104. The van der Waals surface area contributed by atoms with E-state index in [9.17, 15) is 18.0 Å². The van der Waals surface area contributed by atoms with Gasteiger partial charge in [0.1, 0.15) is 11.3 Å². The van der Waals surface area contributed by atoms with Crippen LogP contribution in [0.3, 0.4) is 0 Å². The Morgan fingerprint density at radius 1 is 1.07 bits per heavy atom. The lowest BCUT2D eigenvalue weighted by Gasteiger charge is -2.06. The van der Waals surface area contributed by atoms with E-state index < -0.39 is 11.9 Å².